The number of benzene rings is 1. The maximum absolute atomic E-state index is 12.8. The number of esters is 1. The maximum atomic E-state index is 12.8. The van der Waals surface area contributed by atoms with E-state index in [2.05, 4.69) is 24.5 Å². The molecule has 2 heterocycles. The molecule has 2 saturated carbocycles. The lowest BCUT2D eigenvalue weighted by molar-refractivity contribution is -0.903. The molecular formula is C25H34ClN2O2+. The molecule has 1 aromatic carbocycles. The molecule has 2 aliphatic carbocycles. The molecule has 0 amide bonds. The second-order valence-electron chi connectivity index (χ2n) is 10.3. The molecule has 0 aromatic heterocycles. The number of nitrogens with one attached hydrogen (secondary N) is 1. The maximum Gasteiger partial charge on any atom is 0.315 e. The largest absolute Gasteiger partial charge is 0.462 e. The van der Waals surface area contributed by atoms with Gasteiger partial charge in [-0.1, -0.05) is 36.7 Å². The van der Waals surface area contributed by atoms with Gasteiger partial charge in [-0.3, -0.25) is 4.79 Å². The quantitative estimate of drug-likeness (QED) is 0.591. The molecule has 30 heavy (non-hydrogen) atoms. The van der Waals surface area contributed by atoms with Gasteiger partial charge in [-0.15, -0.1) is 0 Å². The Kier molecular flexibility index (Phi) is 5.35. The predicted molar refractivity (Wildman–Crippen MR) is 120 cm³/mol. The highest BCUT2D eigenvalue weighted by Crippen LogP contribution is 2.56. The number of piperazine rings is 1. The number of rotatable bonds is 3. The first kappa shape index (κ1) is 20.4. The van der Waals surface area contributed by atoms with Crippen molar-refractivity contribution in [2.24, 2.45) is 23.2 Å². The highest BCUT2D eigenvalue weighted by atomic mass is 35.5. The standard InChI is InChI=1S/C25H33ClN2O2/c1-17-5-4-8-25(2)15-23-20(14-22(17)25)21(24(29)30-23)16-27-9-11-28(12-10-27)19-7-3-6-18(26)13-19/h3,6-7,13,20-23H,1,4-5,8-12,14-16H2,2H3/p+1/t20-,21-,22+,23+,25-/m0/s1. The number of hydrogen-bond acceptors (Lipinski definition) is 3. The Morgan fingerprint density at radius 1 is 1.33 bits per heavy atom. The van der Waals surface area contributed by atoms with Crippen LogP contribution in [0.5, 0.6) is 0 Å². The van der Waals surface area contributed by atoms with Gasteiger partial charge in [0, 0.05) is 16.6 Å². The fraction of sp³-hybridized carbons (Fsp3) is 0.640. The van der Waals surface area contributed by atoms with E-state index in [9.17, 15) is 4.79 Å². The highest BCUT2D eigenvalue weighted by molar-refractivity contribution is 6.30. The molecule has 0 unspecified atom stereocenters. The molecule has 0 radical (unpaired) electrons. The first-order chi connectivity index (χ1) is 14.4. The Balaban J connectivity index is 1.23. The van der Waals surface area contributed by atoms with Crippen LogP contribution in [0.1, 0.15) is 39.0 Å². The van der Waals surface area contributed by atoms with Gasteiger partial charge in [0.1, 0.15) is 12.0 Å². The molecule has 1 N–H and O–H groups in total. The van der Waals surface area contributed by atoms with Gasteiger partial charge in [0.15, 0.2) is 0 Å². The molecule has 0 bridgehead atoms. The number of quaternary nitrogens is 1. The lowest BCUT2D eigenvalue weighted by atomic mass is 9.55. The Labute approximate surface area is 185 Å². The molecule has 162 valence electrons. The topological polar surface area (TPSA) is 34.0 Å². The van der Waals surface area contributed by atoms with Gasteiger partial charge in [0.2, 0.25) is 0 Å². The third kappa shape index (κ3) is 3.67. The molecule has 5 atom stereocenters. The van der Waals surface area contributed by atoms with Crippen molar-refractivity contribution in [1.29, 1.82) is 0 Å². The van der Waals surface area contributed by atoms with Gasteiger partial charge in [-0.05, 0) is 61.6 Å². The summed E-state index contributed by atoms with van der Waals surface area (Å²) in [7, 11) is 0. The third-order valence-electron chi connectivity index (χ3n) is 8.47. The second-order valence-corrected chi connectivity index (χ2v) is 10.8. The monoisotopic (exact) mass is 429 g/mol. The molecule has 4 fully saturated rings. The van der Waals surface area contributed by atoms with Crippen LogP contribution < -0.4 is 9.80 Å². The minimum atomic E-state index is 0.0574. The number of hydrogen-bond donors (Lipinski definition) is 1. The number of nitrogens with zero attached hydrogens (tertiary/aromatic N) is 1. The Morgan fingerprint density at radius 2 is 2.13 bits per heavy atom. The van der Waals surface area contributed by atoms with Gasteiger partial charge in [-0.25, -0.2) is 0 Å². The van der Waals surface area contributed by atoms with Gasteiger partial charge < -0.3 is 14.5 Å². The molecular weight excluding hydrogens is 396 g/mol. The van der Waals surface area contributed by atoms with Crippen molar-refractivity contribution in [3.05, 3.63) is 41.4 Å². The summed E-state index contributed by atoms with van der Waals surface area (Å²) in [6.45, 7) is 11.9. The highest BCUT2D eigenvalue weighted by Gasteiger charge is 2.56. The summed E-state index contributed by atoms with van der Waals surface area (Å²) in [5.41, 5.74) is 2.90. The number of carbonyl (C=O) groups is 1. The fourth-order valence-corrected chi connectivity index (χ4v) is 6.94. The van der Waals surface area contributed by atoms with Crippen molar-refractivity contribution in [2.45, 2.75) is 45.1 Å². The number of fused-ring (bicyclic) bond motifs is 2. The van der Waals surface area contributed by atoms with Gasteiger partial charge in [0.25, 0.3) is 0 Å². The summed E-state index contributed by atoms with van der Waals surface area (Å²) in [4.78, 5) is 16.8. The van der Waals surface area contributed by atoms with Gasteiger partial charge >= 0.3 is 5.97 Å². The van der Waals surface area contributed by atoms with E-state index in [-0.39, 0.29) is 23.4 Å². The Bertz CT molecular complexity index is 834. The van der Waals surface area contributed by atoms with Crippen LogP contribution in [0.3, 0.4) is 0 Å². The summed E-state index contributed by atoms with van der Waals surface area (Å²) in [6, 6.07) is 8.11. The van der Waals surface area contributed by atoms with E-state index in [1.807, 2.05) is 18.2 Å². The van der Waals surface area contributed by atoms with Gasteiger partial charge in [0.05, 0.1) is 32.7 Å². The lowest BCUT2D eigenvalue weighted by Crippen LogP contribution is -3.15. The van der Waals surface area contributed by atoms with Crippen molar-refractivity contribution in [1.82, 2.24) is 0 Å². The van der Waals surface area contributed by atoms with Crippen LogP contribution in [0.4, 0.5) is 5.69 Å². The zero-order valence-electron chi connectivity index (χ0n) is 18.0. The molecule has 2 saturated heterocycles. The molecule has 1 aromatic rings. The number of carbonyl (C=O) groups excluding carboxylic acids is 1. The van der Waals surface area contributed by atoms with Gasteiger partial charge in [-0.2, -0.15) is 0 Å². The zero-order valence-corrected chi connectivity index (χ0v) is 18.8. The Morgan fingerprint density at radius 3 is 2.90 bits per heavy atom. The fourth-order valence-electron chi connectivity index (χ4n) is 6.76. The van der Waals surface area contributed by atoms with Crippen LogP contribution in [-0.2, 0) is 9.53 Å². The number of anilines is 1. The average molecular weight is 430 g/mol. The van der Waals surface area contributed by atoms with E-state index in [4.69, 9.17) is 16.3 Å². The first-order valence-electron chi connectivity index (χ1n) is 11.7. The normalized spacial score (nSPS) is 36.9. The van der Waals surface area contributed by atoms with E-state index >= 15 is 0 Å². The van der Waals surface area contributed by atoms with E-state index in [1.165, 1.54) is 29.0 Å². The first-order valence-corrected chi connectivity index (χ1v) is 12.0. The Hall–Kier alpha value is -1.52. The SMILES string of the molecule is C=C1CCC[C@@]2(C)C[C@H]3OC(=O)[C@@H](C[NH+]4CCN(c5cccc(Cl)c5)CC4)[C@@H]3C[C@H]12. The lowest BCUT2D eigenvalue weighted by Gasteiger charge is -2.50. The summed E-state index contributed by atoms with van der Waals surface area (Å²) in [5, 5.41) is 0.788. The van der Waals surface area contributed by atoms with E-state index < -0.39 is 0 Å². The average Bonchev–Trinajstić information content (AvgIpc) is 3.01. The van der Waals surface area contributed by atoms with E-state index in [1.54, 1.807) is 0 Å². The van der Waals surface area contributed by atoms with Crippen LogP contribution in [-0.4, -0.2) is 44.8 Å². The zero-order chi connectivity index (χ0) is 20.9. The van der Waals surface area contributed by atoms with Crippen molar-refractivity contribution in [2.75, 3.05) is 37.6 Å². The van der Waals surface area contributed by atoms with Crippen LogP contribution in [0.25, 0.3) is 0 Å². The second kappa shape index (κ2) is 7.87. The van der Waals surface area contributed by atoms with Crippen molar-refractivity contribution in [3.8, 4) is 0 Å². The molecule has 2 aliphatic heterocycles. The number of halogens is 1. The minimum absolute atomic E-state index is 0.0574. The molecule has 4 nitrogen and oxygen atoms in total. The van der Waals surface area contributed by atoms with Crippen LogP contribution >= 0.6 is 11.6 Å². The van der Waals surface area contributed by atoms with Crippen molar-refractivity contribution < 1.29 is 14.4 Å². The minimum Gasteiger partial charge on any atom is -0.462 e. The van der Waals surface area contributed by atoms with E-state index in [0.717, 1.165) is 57.0 Å². The molecule has 5 heteroatoms. The number of allylic oxidation sites excluding steroid dienone is 1. The summed E-state index contributed by atoms with van der Waals surface area (Å²) in [5.74, 6) is 1.06. The van der Waals surface area contributed by atoms with Crippen molar-refractivity contribution >= 4 is 23.3 Å². The summed E-state index contributed by atoms with van der Waals surface area (Å²) >= 11 is 6.17. The molecule has 4 aliphatic rings. The van der Waals surface area contributed by atoms with Crippen LogP contribution in [0.2, 0.25) is 5.02 Å². The smallest absolute Gasteiger partial charge is 0.315 e. The molecule has 0 spiro atoms. The predicted octanol–water partition coefficient (Wildman–Crippen LogP) is 3.36. The summed E-state index contributed by atoms with van der Waals surface area (Å²) in [6.07, 6.45) is 5.90. The van der Waals surface area contributed by atoms with Crippen molar-refractivity contribution in [3.63, 3.8) is 0 Å². The summed E-state index contributed by atoms with van der Waals surface area (Å²) < 4.78 is 5.97. The van der Waals surface area contributed by atoms with Crippen LogP contribution in [0.15, 0.2) is 36.4 Å². The number of ether oxygens (including phenoxy) is 1. The third-order valence-corrected chi connectivity index (χ3v) is 8.71. The van der Waals surface area contributed by atoms with Crippen LogP contribution in [0, 0.1) is 23.2 Å². The van der Waals surface area contributed by atoms with E-state index in [0.29, 0.717) is 11.8 Å². The molecule has 5 rings (SSSR count).